The molecule has 0 fully saturated rings. The first-order valence-corrected chi connectivity index (χ1v) is 7.00. The second kappa shape index (κ2) is 6.57. The van der Waals surface area contributed by atoms with Gasteiger partial charge in [0.1, 0.15) is 0 Å². The van der Waals surface area contributed by atoms with Crippen molar-refractivity contribution in [2.75, 3.05) is 6.54 Å². The Balaban J connectivity index is 1.63. The Bertz CT molecular complexity index is 420. The van der Waals surface area contributed by atoms with Gasteiger partial charge in [-0.05, 0) is 36.4 Å². The molecule has 0 aliphatic rings. The number of nitrogens with zero attached hydrogens (tertiary/aromatic N) is 2. The zero-order valence-corrected chi connectivity index (χ0v) is 11.0. The van der Waals surface area contributed by atoms with E-state index in [0.717, 1.165) is 32.5 Å². The summed E-state index contributed by atoms with van der Waals surface area (Å²) in [6.45, 7) is 5.31. The number of imidazole rings is 1. The molecule has 2 aromatic rings. The lowest BCUT2D eigenvalue weighted by Crippen LogP contribution is -2.16. The summed E-state index contributed by atoms with van der Waals surface area (Å²) in [7, 11) is 0. The van der Waals surface area contributed by atoms with Gasteiger partial charge in [0.2, 0.25) is 0 Å². The highest BCUT2D eigenvalue weighted by Crippen LogP contribution is 2.16. The molecule has 4 heteroatoms. The lowest BCUT2D eigenvalue weighted by atomic mass is 10.2. The number of nitrogens with one attached hydrogen (secondary N) is 1. The van der Waals surface area contributed by atoms with Crippen molar-refractivity contribution in [2.24, 2.45) is 0 Å². The SMILES string of the molecule is CCc1ccsc1CNCCCn1ccnc1. The standard InChI is InChI=1S/C13H19N3S/c1-2-12-4-9-17-13(12)10-14-5-3-7-16-8-6-15-11-16/h4,6,8-9,11,14H,2-3,5,7,10H2,1H3. The van der Waals surface area contributed by atoms with Gasteiger partial charge < -0.3 is 9.88 Å². The molecule has 3 nitrogen and oxygen atoms in total. The highest BCUT2D eigenvalue weighted by atomic mass is 32.1. The number of aryl methyl sites for hydroxylation is 2. The molecule has 1 N–H and O–H groups in total. The Morgan fingerprint density at radius 2 is 2.41 bits per heavy atom. The van der Waals surface area contributed by atoms with Crippen LogP contribution in [0.5, 0.6) is 0 Å². The van der Waals surface area contributed by atoms with E-state index in [1.54, 1.807) is 0 Å². The lowest BCUT2D eigenvalue weighted by molar-refractivity contribution is 0.582. The van der Waals surface area contributed by atoms with Crippen LogP contribution in [0.25, 0.3) is 0 Å². The fraction of sp³-hybridized carbons (Fsp3) is 0.462. The monoisotopic (exact) mass is 249 g/mol. The van der Waals surface area contributed by atoms with Crippen molar-refractivity contribution in [1.29, 1.82) is 0 Å². The summed E-state index contributed by atoms with van der Waals surface area (Å²) in [6.07, 6.45) is 7.98. The first-order chi connectivity index (χ1) is 8.40. The van der Waals surface area contributed by atoms with Crippen LogP contribution in [0.1, 0.15) is 23.8 Å². The van der Waals surface area contributed by atoms with Gasteiger partial charge in [0, 0.05) is 30.4 Å². The van der Waals surface area contributed by atoms with Crippen molar-refractivity contribution in [2.45, 2.75) is 32.9 Å². The van der Waals surface area contributed by atoms with Crippen molar-refractivity contribution in [3.05, 3.63) is 40.6 Å². The van der Waals surface area contributed by atoms with E-state index in [-0.39, 0.29) is 0 Å². The van der Waals surface area contributed by atoms with Gasteiger partial charge in [0.25, 0.3) is 0 Å². The molecular weight excluding hydrogens is 230 g/mol. The first-order valence-electron chi connectivity index (χ1n) is 6.12. The van der Waals surface area contributed by atoms with Crippen LogP contribution in [0.15, 0.2) is 30.2 Å². The van der Waals surface area contributed by atoms with Gasteiger partial charge in [-0.3, -0.25) is 0 Å². The summed E-state index contributed by atoms with van der Waals surface area (Å²) in [5, 5.41) is 5.68. The number of hydrogen-bond donors (Lipinski definition) is 1. The van der Waals surface area contributed by atoms with E-state index in [0.29, 0.717) is 0 Å². The van der Waals surface area contributed by atoms with Crippen molar-refractivity contribution in [3.8, 4) is 0 Å². The van der Waals surface area contributed by atoms with Gasteiger partial charge in [-0.25, -0.2) is 4.98 Å². The fourth-order valence-electron chi connectivity index (χ4n) is 1.84. The second-order valence-electron chi connectivity index (χ2n) is 4.05. The minimum atomic E-state index is 1.00. The minimum absolute atomic E-state index is 1.00. The Labute approximate surface area is 107 Å². The van der Waals surface area contributed by atoms with E-state index in [1.807, 2.05) is 30.1 Å². The summed E-state index contributed by atoms with van der Waals surface area (Å²) >= 11 is 1.85. The van der Waals surface area contributed by atoms with Crippen LogP contribution >= 0.6 is 11.3 Å². The third-order valence-corrected chi connectivity index (χ3v) is 3.80. The molecule has 0 amide bonds. The molecule has 2 rings (SSSR count). The van der Waals surface area contributed by atoms with E-state index < -0.39 is 0 Å². The van der Waals surface area contributed by atoms with Crippen molar-refractivity contribution in [3.63, 3.8) is 0 Å². The summed E-state index contributed by atoms with van der Waals surface area (Å²) in [6, 6.07) is 2.23. The average molecular weight is 249 g/mol. The molecule has 0 atom stereocenters. The van der Waals surface area contributed by atoms with Crippen LogP contribution in [0.3, 0.4) is 0 Å². The molecule has 2 heterocycles. The van der Waals surface area contributed by atoms with Crippen LogP contribution in [0, 0.1) is 0 Å². The van der Waals surface area contributed by atoms with Gasteiger partial charge in [-0.2, -0.15) is 0 Å². The third-order valence-electron chi connectivity index (χ3n) is 2.83. The topological polar surface area (TPSA) is 29.9 Å². The quantitative estimate of drug-likeness (QED) is 0.765. The van der Waals surface area contributed by atoms with E-state index in [2.05, 4.69) is 33.2 Å². The van der Waals surface area contributed by atoms with Crippen molar-refractivity contribution >= 4 is 11.3 Å². The van der Waals surface area contributed by atoms with Crippen molar-refractivity contribution in [1.82, 2.24) is 14.9 Å². The summed E-state index contributed by atoms with van der Waals surface area (Å²) in [5.74, 6) is 0. The number of hydrogen-bond acceptors (Lipinski definition) is 3. The fourth-order valence-corrected chi connectivity index (χ4v) is 2.79. The highest BCUT2D eigenvalue weighted by molar-refractivity contribution is 7.10. The molecular formula is C13H19N3S. The van der Waals surface area contributed by atoms with Crippen LogP contribution in [0.4, 0.5) is 0 Å². The molecule has 0 saturated carbocycles. The van der Waals surface area contributed by atoms with Gasteiger partial charge >= 0.3 is 0 Å². The van der Waals surface area contributed by atoms with Gasteiger partial charge in [-0.1, -0.05) is 6.92 Å². The van der Waals surface area contributed by atoms with E-state index >= 15 is 0 Å². The molecule has 0 radical (unpaired) electrons. The van der Waals surface area contributed by atoms with Crippen molar-refractivity contribution < 1.29 is 0 Å². The summed E-state index contributed by atoms with van der Waals surface area (Å²) in [4.78, 5) is 5.51. The van der Waals surface area contributed by atoms with Crippen LogP contribution in [0.2, 0.25) is 0 Å². The average Bonchev–Trinajstić information content (AvgIpc) is 2.98. The predicted molar refractivity (Wildman–Crippen MR) is 72.2 cm³/mol. The molecule has 17 heavy (non-hydrogen) atoms. The summed E-state index contributed by atoms with van der Waals surface area (Å²) in [5.41, 5.74) is 1.48. The van der Waals surface area contributed by atoms with E-state index in [1.165, 1.54) is 10.4 Å². The molecule has 0 aromatic carbocycles. The largest absolute Gasteiger partial charge is 0.337 e. The Kier molecular flexibility index (Phi) is 4.76. The zero-order valence-electron chi connectivity index (χ0n) is 10.2. The van der Waals surface area contributed by atoms with Crippen LogP contribution in [-0.2, 0) is 19.5 Å². The molecule has 0 unspecified atom stereocenters. The Hall–Kier alpha value is -1.13. The first kappa shape index (κ1) is 12.3. The summed E-state index contributed by atoms with van der Waals surface area (Å²) < 4.78 is 2.12. The maximum Gasteiger partial charge on any atom is 0.0945 e. The molecule has 2 aromatic heterocycles. The molecule has 0 aliphatic carbocycles. The van der Waals surface area contributed by atoms with E-state index in [9.17, 15) is 0 Å². The van der Waals surface area contributed by atoms with Gasteiger partial charge in [-0.15, -0.1) is 11.3 Å². The third kappa shape index (κ3) is 3.68. The number of aromatic nitrogens is 2. The maximum atomic E-state index is 4.03. The number of thiophene rings is 1. The smallest absolute Gasteiger partial charge is 0.0945 e. The molecule has 0 bridgehead atoms. The maximum absolute atomic E-state index is 4.03. The second-order valence-corrected chi connectivity index (χ2v) is 5.05. The van der Waals surface area contributed by atoms with Gasteiger partial charge in [0.05, 0.1) is 6.33 Å². The molecule has 0 saturated heterocycles. The van der Waals surface area contributed by atoms with E-state index in [4.69, 9.17) is 0 Å². The highest BCUT2D eigenvalue weighted by Gasteiger charge is 2.01. The number of rotatable bonds is 7. The van der Waals surface area contributed by atoms with Crippen LogP contribution in [-0.4, -0.2) is 16.1 Å². The van der Waals surface area contributed by atoms with Gasteiger partial charge in [0.15, 0.2) is 0 Å². The Morgan fingerprint density at radius 3 is 3.18 bits per heavy atom. The molecule has 0 aliphatic heterocycles. The Morgan fingerprint density at radius 1 is 1.47 bits per heavy atom. The molecule has 0 spiro atoms. The minimum Gasteiger partial charge on any atom is -0.337 e. The molecule has 92 valence electrons. The zero-order chi connectivity index (χ0) is 11.9. The normalized spacial score (nSPS) is 10.9. The predicted octanol–water partition coefficient (Wildman–Crippen LogP) is 2.69. The lowest BCUT2D eigenvalue weighted by Gasteiger charge is -2.05. The van der Waals surface area contributed by atoms with Crippen LogP contribution < -0.4 is 5.32 Å².